The molecule has 0 bridgehead atoms. The number of benzene rings is 6. The molecule has 380 valence electrons. The molecule has 6 heteroatoms. The number of hydrogen-bond acceptors (Lipinski definition) is 5. The highest BCUT2D eigenvalue weighted by molar-refractivity contribution is 7.26. The van der Waals surface area contributed by atoms with Crippen molar-refractivity contribution in [2.75, 3.05) is 14.7 Å². The molecular weight excluding hydrogens is 918 g/mol. The number of nitrogens with zero attached hydrogens (tertiary/aromatic N) is 3. The lowest BCUT2D eigenvalue weighted by Gasteiger charge is -2.51. The van der Waals surface area contributed by atoms with E-state index in [1.807, 2.05) is 11.3 Å². The second kappa shape index (κ2) is 15.9. The van der Waals surface area contributed by atoms with E-state index in [1.54, 1.807) is 0 Å². The lowest BCUT2D eigenvalue weighted by atomic mass is 9.33. The largest absolute Gasteiger partial charge is 0.440 e. The van der Waals surface area contributed by atoms with Crippen molar-refractivity contribution in [2.45, 2.75) is 181 Å². The van der Waals surface area contributed by atoms with Gasteiger partial charge in [-0.3, -0.25) is 4.90 Å². The Bertz CT molecular complexity index is 3400. The summed E-state index contributed by atoms with van der Waals surface area (Å²) in [4.78, 5) is 7.98. The zero-order chi connectivity index (χ0) is 52.6. The summed E-state index contributed by atoms with van der Waals surface area (Å²) in [6.07, 6.45) is 4.74. The van der Waals surface area contributed by atoms with Crippen molar-refractivity contribution in [3.05, 3.63) is 149 Å². The Morgan fingerprint density at radius 3 is 1.53 bits per heavy atom. The van der Waals surface area contributed by atoms with Crippen LogP contribution >= 0.6 is 11.3 Å². The van der Waals surface area contributed by atoms with Crippen LogP contribution < -0.4 is 31.1 Å². The van der Waals surface area contributed by atoms with Gasteiger partial charge in [0.25, 0.3) is 6.71 Å². The first kappa shape index (κ1) is 49.2. The molecule has 12 rings (SSSR count). The normalized spacial score (nSPS) is 19.7. The summed E-state index contributed by atoms with van der Waals surface area (Å²) in [5.74, 6) is 0.917. The lowest BCUT2D eigenvalue weighted by molar-refractivity contribution is 0.195. The van der Waals surface area contributed by atoms with Crippen LogP contribution in [0.5, 0.6) is 0 Å². The van der Waals surface area contributed by atoms with Gasteiger partial charge in [0.05, 0.1) is 10.5 Å². The van der Waals surface area contributed by atoms with Gasteiger partial charge in [0.15, 0.2) is 0 Å². The molecule has 0 N–H and O–H groups in total. The molecule has 8 aromatic rings. The van der Waals surface area contributed by atoms with Gasteiger partial charge < -0.3 is 14.2 Å². The second-order valence-corrected chi connectivity index (χ2v) is 29.3. The molecule has 4 nitrogen and oxygen atoms in total. The van der Waals surface area contributed by atoms with E-state index in [0.29, 0.717) is 0 Å². The van der Waals surface area contributed by atoms with E-state index in [1.165, 1.54) is 118 Å². The van der Waals surface area contributed by atoms with Crippen LogP contribution in [0.15, 0.2) is 120 Å². The highest BCUT2D eigenvalue weighted by Crippen LogP contribution is 2.62. The minimum Gasteiger partial charge on any atom is -0.440 e. The minimum absolute atomic E-state index is 0.00214. The number of anilines is 8. The molecular formula is C68H78BN3OS. The Labute approximate surface area is 447 Å². The zero-order valence-electron chi connectivity index (χ0n) is 47.5. The Kier molecular flexibility index (Phi) is 10.6. The van der Waals surface area contributed by atoms with Crippen LogP contribution in [0.3, 0.4) is 0 Å². The molecule has 0 amide bonds. The summed E-state index contributed by atoms with van der Waals surface area (Å²) >= 11 is 1.96. The maximum Gasteiger partial charge on any atom is 0.259 e. The smallest absolute Gasteiger partial charge is 0.259 e. The summed E-state index contributed by atoms with van der Waals surface area (Å²) in [7, 11) is 0. The second-order valence-electron chi connectivity index (χ2n) is 28.3. The summed E-state index contributed by atoms with van der Waals surface area (Å²) in [5.41, 5.74) is 20.2. The van der Waals surface area contributed by atoms with Crippen LogP contribution in [0.4, 0.5) is 45.0 Å². The standard InChI is InChI=1S/C68H78BN3OS/c1-62(2,3)41-20-27-46(28-21-41)70-53-39-48(72-52-33-26-43(64(7,8)9)36-51(52)67(16)34-18-19-35-68(67,72)17)40-54-59(53)69(57-49-31-24-44(65(10,11)12)37-55(49)73-60(57)70)58-50-32-25-45(66(13,14)15)38-56(50)74-61(58)71(54)47-29-22-42(23-30-47)63(4,5)6/h20-33,36-40H,18-19,34-35H2,1-17H3. The zero-order valence-corrected chi connectivity index (χ0v) is 48.4. The molecule has 0 saturated heterocycles. The van der Waals surface area contributed by atoms with Crippen molar-refractivity contribution in [2.24, 2.45) is 0 Å². The van der Waals surface area contributed by atoms with Crippen LogP contribution in [-0.4, -0.2) is 12.3 Å². The van der Waals surface area contributed by atoms with Gasteiger partial charge in [-0.15, -0.1) is 11.3 Å². The molecule has 3 aliphatic heterocycles. The molecule has 4 aliphatic rings. The fraction of sp³-hybridized carbons (Fsp3) is 0.412. The summed E-state index contributed by atoms with van der Waals surface area (Å²) in [6.45, 7) is 40.0. The van der Waals surface area contributed by atoms with Crippen LogP contribution in [0.1, 0.15) is 177 Å². The van der Waals surface area contributed by atoms with E-state index in [4.69, 9.17) is 4.42 Å². The third kappa shape index (κ3) is 7.26. The molecule has 2 unspecified atom stereocenters. The first-order valence-corrected chi connectivity index (χ1v) is 28.5. The van der Waals surface area contributed by atoms with Gasteiger partial charge in [-0.05, 0) is 151 Å². The van der Waals surface area contributed by atoms with Crippen LogP contribution in [-0.2, 0) is 32.5 Å². The van der Waals surface area contributed by atoms with Crippen LogP contribution in [0.2, 0.25) is 0 Å². The van der Waals surface area contributed by atoms with Crippen molar-refractivity contribution >= 4 is 101 Å². The van der Waals surface area contributed by atoms with Gasteiger partial charge in [-0.2, -0.15) is 0 Å². The first-order chi connectivity index (χ1) is 34.6. The minimum atomic E-state index is -0.161. The van der Waals surface area contributed by atoms with Crippen LogP contribution in [0.25, 0.3) is 21.1 Å². The number of fused-ring (bicyclic) bond motifs is 11. The molecule has 2 atom stereocenters. The Balaban J connectivity index is 1.23. The van der Waals surface area contributed by atoms with Crippen molar-refractivity contribution in [1.82, 2.24) is 0 Å². The Morgan fingerprint density at radius 2 is 0.946 bits per heavy atom. The topological polar surface area (TPSA) is 22.9 Å². The third-order valence-electron chi connectivity index (χ3n) is 18.2. The molecule has 74 heavy (non-hydrogen) atoms. The van der Waals surface area contributed by atoms with Gasteiger partial charge in [-0.1, -0.05) is 184 Å². The van der Waals surface area contributed by atoms with E-state index in [2.05, 4.69) is 248 Å². The SMILES string of the molecule is CC(C)(C)c1ccc(N2c3cc(N4c5ccc(C(C)(C)C)cc5C5(C)CCCCC45C)cc4c3B(c3c2oc2cc(C(C)(C)C)ccc32)c2c(sc3cc(C(C)(C)C)ccc23)N4c2ccc(C(C)(C)C)cc2)cc1. The van der Waals surface area contributed by atoms with Gasteiger partial charge in [0, 0.05) is 55.1 Å². The summed E-state index contributed by atoms with van der Waals surface area (Å²) in [5, 5.41) is 3.79. The summed E-state index contributed by atoms with van der Waals surface area (Å²) < 4.78 is 8.88. The average Bonchev–Trinajstić information content (AvgIpc) is 3.96. The van der Waals surface area contributed by atoms with Crippen LogP contribution in [0, 0.1) is 0 Å². The van der Waals surface area contributed by atoms with E-state index < -0.39 is 0 Å². The van der Waals surface area contributed by atoms with E-state index in [-0.39, 0.29) is 44.7 Å². The molecule has 1 fully saturated rings. The Morgan fingerprint density at radius 1 is 0.459 bits per heavy atom. The Hall–Kier alpha value is -5.72. The third-order valence-corrected chi connectivity index (χ3v) is 19.4. The van der Waals surface area contributed by atoms with Crippen molar-refractivity contribution < 1.29 is 4.42 Å². The number of furan rings is 1. The number of rotatable bonds is 3. The van der Waals surface area contributed by atoms with E-state index in [9.17, 15) is 0 Å². The number of thiophene rings is 1. The maximum absolute atomic E-state index is 7.56. The fourth-order valence-corrected chi connectivity index (χ4v) is 14.7. The van der Waals surface area contributed by atoms with Gasteiger partial charge >= 0.3 is 0 Å². The van der Waals surface area contributed by atoms with E-state index >= 15 is 0 Å². The highest BCUT2D eigenvalue weighted by Gasteiger charge is 2.58. The van der Waals surface area contributed by atoms with E-state index in [0.717, 1.165) is 23.6 Å². The molecule has 1 aliphatic carbocycles. The molecule has 0 radical (unpaired) electrons. The summed E-state index contributed by atoms with van der Waals surface area (Å²) in [6, 6.07) is 46.0. The van der Waals surface area contributed by atoms with Gasteiger partial charge in [-0.25, -0.2) is 0 Å². The predicted molar refractivity (Wildman–Crippen MR) is 322 cm³/mol. The van der Waals surface area contributed by atoms with Crippen molar-refractivity contribution in [3.8, 4) is 0 Å². The highest BCUT2D eigenvalue weighted by atomic mass is 32.1. The maximum atomic E-state index is 7.56. The van der Waals surface area contributed by atoms with Gasteiger partial charge in [0.1, 0.15) is 5.58 Å². The predicted octanol–water partition coefficient (Wildman–Crippen LogP) is 18.0. The molecule has 6 aromatic carbocycles. The quantitative estimate of drug-likeness (QED) is 0.165. The fourth-order valence-electron chi connectivity index (χ4n) is 13.4. The molecule has 1 saturated carbocycles. The molecule has 5 heterocycles. The van der Waals surface area contributed by atoms with Crippen molar-refractivity contribution in [3.63, 3.8) is 0 Å². The average molecular weight is 996 g/mol. The molecule has 0 spiro atoms. The molecule has 2 aromatic heterocycles. The lowest BCUT2D eigenvalue weighted by Crippen LogP contribution is -2.61. The first-order valence-electron chi connectivity index (χ1n) is 27.7. The van der Waals surface area contributed by atoms with Crippen molar-refractivity contribution in [1.29, 1.82) is 0 Å². The number of hydrogen-bond donors (Lipinski definition) is 0. The monoisotopic (exact) mass is 996 g/mol. The van der Waals surface area contributed by atoms with Gasteiger partial charge in [0.2, 0.25) is 5.88 Å².